The molecule has 1 aromatic carbocycles. The van der Waals surface area contributed by atoms with Crippen molar-refractivity contribution in [1.82, 2.24) is 15.1 Å². The number of carbonyl (C=O) groups excluding carboxylic acids is 1. The molecule has 1 amide bonds. The monoisotopic (exact) mass is 338 g/mol. The van der Waals surface area contributed by atoms with Crippen molar-refractivity contribution in [3.8, 4) is 11.8 Å². The summed E-state index contributed by atoms with van der Waals surface area (Å²) in [5.74, 6) is -0.384. The van der Waals surface area contributed by atoms with Gasteiger partial charge in [0.2, 0.25) is 0 Å². The van der Waals surface area contributed by atoms with Gasteiger partial charge < -0.3 is 10.1 Å². The number of methoxy groups -OCH3 is 1. The molecule has 2 rings (SSSR count). The van der Waals surface area contributed by atoms with E-state index in [1.54, 1.807) is 13.2 Å². The molecule has 25 heavy (non-hydrogen) atoms. The van der Waals surface area contributed by atoms with Crippen molar-refractivity contribution in [2.24, 2.45) is 0 Å². The number of benzene rings is 1. The highest BCUT2D eigenvalue weighted by atomic mass is 16.5. The Morgan fingerprint density at radius 2 is 2.08 bits per heavy atom. The van der Waals surface area contributed by atoms with Crippen LogP contribution < -0.4 is 5.32 Å². The van der Waals surface area contributed by atoms with Crippen LogP contribution in [-0.4, -0.2) is 35.9 Å². The molecular formula is C19H22N4O2. The number of rotatable bonds is 7. The number of hydrogen-bond acceptors (Lipinski definition) is 4. The van der Waals surface area contributed by atoms with Crippen LogP contribution in [0.1, 0.15) is 23.4 Å². The Labute approximate surface area is 147 Å². The number of nitriles is 1. The number of nitrogens with zero attached hydrogens (tertiary/aromatic N) is 3. The maximum atomic E-state index is 12.2. The maximum Gasteiger partial charge on any atom is 0.261 e. The Kier molecular flexibility index (Phi) is 6.49. The van der Waals surface area contributed by atoms with Crippen LogP contribution >= 0.6 is 0 Å². The van der Waals surface area contributed by atoms with Gasteiger partial charge in [0.1, 0.15) is 11.6 Å². The third-order valence-electron chi connectivity index (χ3n) is 3.81. The summed E-state index contributed by atoms with van der Waals surface area (Å²) in [6.45, 7) is 4.81. The fraction of sp³-hybridized carbons (Fsp3) is 0.316. The number of amides is 1. The van der Waals surface area contributed by atoms with Crippen molar-refractivity contribution < 1.29 is 9.53 Å². The number of aryl methyl sites for hydroxylation is 1. The van der Waals surface area contributed by atoms with E-state index < -0.39 is 0 Å². The van der Waals surface area contributed by atoms with Crippen molar-refractivity contribution in [2.45, 2.75) is 20.3 Å². The summed E-state index contributed by atoms with van der Waals surface area (Å²) >= 11 is 0. The van der Waals surface area contributed by atoms with Gasteiger partial charge in [-0.1, -0.05) is 18.2 Å². The van der Waals surface area contributed by atoms with Gasteiger partial charge in [-0.25, -0.2) is 4.68 Å². The summed E-state index contributed by atoms with van der Waals surface area (Å²) in [5.41, 5.74) is 3.43. The average Bonchev–Trinajstić information content (AvgIpc) is 2.91. The Hall–Kier alpha value is -2.91. The number of ether oxygens (including phenoxy) is 1. The molecule has 0 aliphatic carbocycles. The molecule has 1 heterocycles. The van der Waals surface area contributed by atoms with Crippen LogP contribution in [0.4, 0.5) is 0 Å². The smallest absolute Gasteiger partial charge is 0.261 e. The van der Waals surface area contributed by atoms with Crippen LogP contribution in [0.15, 0.2) is 35.9 Å². The first-order valence-corrected chi connectivity index (χ1v) is 8.09. The summed E-state index contributed by atoms with van der Waals surface area (Å²) in [6, 6.07) is 11.7. The van der Waals surface area contributed by atoms with Gasteiger partial charge in [-0.2, -0.15) is 10.4 Å². The number of nitrogens with one attached hydrogen (secondary N) is 1. The van der Waals surface area contributed by atoms with Crippen molar-refractivity contribution in [2.75, 3.05) is 20.3 Å². The van der Waals surface area contributed by atoms with Crippen LogP contribution in [0.2, 0.25) is 0 Å². The van der Waals surface area contributed by atoms with E-state index >= 15 is 0 Å². The zero-order valence-electron chi connectivity index (χ0n) is 14.7. The van der Waals surface area contributed by atoms with Crippen LogP contribution in [-0.2, 0) is 9.53 Å². The van der Waals surface area contributed by atoms with E-state index in [1.165, 1.54) is 0 Å². The molecule has 1 N–H and O–H groups in total. The summed E-state index contributed by atoms with van der Waals surface area (Å²) in [7, 11) is 1.61. The van der Waals surface area contributed by atoms with E-state index in [1.807, 2.05) is 54.9 Å². The molecule has 6 heteroatoms. The summed E-state index contributed by atoms with van der Waals surface area (Å²) in [4.78, 5) is 12.2. The van der Waals surface area contributed by atoms with Crippen molar-refractivity contribution in [3.05, 3.63) is 52.9 Å². The third kappa shape index (κ3) is 4.55. The average molecular weight is 338 g/mol. The predicted molar refractivity (Wildman–Crippen MR) is 96.1 cm³/mol. The van der Waals surface area contributed by atoms with Gasteiger partial charge in [0.15, 0.2) is 0 Å². The molecule has 0 bridgehead atoms. The van der Waals surface area contributed by atoms with Gasteiger partial charge in [0.05, 0.1) is 11.4 Å². The standard InChI is InChI=1S/C19H22N4O2/c1-14-18(12-16(13-20)19(24)21-10-7-11-25-3)15(2)23(22-14)17-8-5-4-6-9-17/h4-6,8-9,12H,7,10-11H2,1-3H3,(H,21,24)/b16-12+. The van der Waals surface area contributed by atoms with Crippen molar-refractivity contribution >= 4 is 12.0 Å². The van der Waals surface area contributed by atoms with E-state index in [0.717, 1.165) is 22.6 Å². The highest BCUT2D eigenvalue weighted by Gasteiger charge is 2.15. The molecule has 0 saturated heterocycles. The normalized spacial score (nSPS) is 11.2. The molecule has 0 aliphatic heterocycles. The minimum absolute atomic E-state index is 0.0660. The SMILES string of the molecule is COCCCNC(=O)/C(C#N)=C/c1c(C)nn(-c2ccccc2)c1C. The lowest BCUT2D eigenvalue weighted by Crippen LogP contribution is -2.26. The lowest BCUT2D eigenvalue weighted by Gasteiger charge is -2.05. The molecule has 2 aromatic rings. The summed E-state index contributed by atoms with van der Waals surface area (Å²) < 4.78 is 6.75. The second kappa shape index (κ2) is 8.81. The first kappa shape index (κ1) is 18.4. The Morgan fingerprint density at radius 3 is 2.72 bits per heavy atom. The third-order valence-corrected chi connectivity index (χ3v) is 3.81. The highest BCUT2D eigenvalue weighted by Crippen LogP contribution is 2.20. The second-order valence-electron chi connectivity index (χ2n) is 5.60. The van der Waals surface area contributed by atoms with Crippen LogP contribution in [0.3, 0.4) is 0 Å². The molecule has 6 nitrogen and oxygen atoms in total. The van der Waals surface area contributed by atoms with Gasteiger partial charge in [0.25, 0.3) is 5.91 Å². The van der Waals surface area contributed by atoms with Gasteiger partial charge >= 0.3 is 0 Å². The lowest BCUT2D eigenvalue weighted by molar-refractivity contribution is -0.117. The van der Waals surface area contributed by atoms with E-state index in [-0.39, 0.29) is 11.5 Å². The van der Waals surface area contributed by atoms with Crippen LogP contribution in [0, 0.1) is 25.2 Å². The van der Waals surface area contributed by atoms with E-state index in [2.05, 4.69) is 10.4 Å². The first-order valence-electron chi connectivity index (χ1n) is 8.09. The number of carbonyl (C=O) groups is 1. The Bertz CT molecular complexity index is 801. The zero-order valence-corrected chi connectivity index (χ0v) is 14.7. The van der Waals surface area contributed by atoms with Crippen molar-refractivity contribution in [3.63, 3.8) is 0 Å². The van der Waals surface area contributed by atoms with Crippen LogP contribution in [0.5, 0.6) is 0 Å². The van der Waals surface area contributed by atoms with Crippen LogP contribution in [0.25, 0.3) is 11.8 Å². The summed E-state index contributed by atoms with van der Waals surface area (Å²) in [6.07, 6.45) is 2.30. The molecule has 0 radical (unpaired) electrons. The minimum Gasteiger partial charge on any atom is -0.385 e. The molecule has 1 aromatic heterocycles. The second-order valence-corrected chi connectivity index (χ2v) is 5.60. The largest absolute Gasteiger partial charge is 0.385 e. The van der Waals surface area contributed by atoms with Gasteiger partial charge in [-0.15, -0.1) is 0 Å². The Balaban J connectivity index is 2.25. The van der Waals surface area contributed by atoms with Crippen molar-refractivity contribution in [1.29, 1.82) is 5.26 Å². The molecule has 0 saturated carbocycles. The predicted octanol–water partition coefficient (Wildman–Crippen LogP) is 2.55. The zero-order chi connectivity index (χ0) is 18.2. The van der Waals surface area contributed by atoms with E-state index in [0.29, 0.717) is 19.6 Å². The summed E-state index contributed by atoms with van der Waals surface area (Å²) in [5, 5.41) is 16.6. The lowest BCUT2D eigenvalue weighted by atomic mass is 10.1. The molecular weight excluding hydrogens is 316 g/mol. The maximum absolute atomic E-state index is 12.2. The topological polar surface area (TPSA) is 79.9 Å². The van der Waals surface area contributed by atoms with Gasteiger partial charge in [-0.3, -0.25) is 4.79 Å². The first-order chi connectivity index (χ1) is 12.1. The fourth-order valence-corrected chi connectivity index (χ4v) is 2.49. The van der Waals surface area contributed by atoms with Gasteiger partial charge in [-0.05, 0) is 38.5 Å². The molecule has 130 valence electrons. The van der Waals surface area contributed by atoms with Gasteiger partial charge in [0, 0.05) is 31.5 Å². The Morgan fingerprint density at radius 1 is 1.36 bits per heavy atom. The minimum atomic E-state index is -0.384. The highest BCUT2D eigenvalue weighted by molar-refractivity contribution is 6.01. The quantitative estimate of drug-likeness (QED) is 0.478. The molecule has 0 unspecified atom stereocenters. The fourth-order valence-electron chi connectivity index (χ4n) is 2.49. The molecule has 0 aliphatic rings. The number of aromatic nitrogens is 2. The molecule has 0 spiro atoms. The number of para-hydroxylation sites is 1. The van der Waals surface area contributed by atoms with E-state index in [4.69, 9.17) is 4.74 Å². The van der Waals surface area contributed by atoms with E-state index in [9.17, 15) is 10.1 Å². The number of hydrogen-bond donors (Lipinski definition) is 1. The molecule has 0 atom stereocenters. The molecule has 0 fully saturated rings.